The molecule has 0 aliphatic rings. The quantitative estimate of drug-likeness (QED) is 0.626. The van der Waals surface area contributed by atoms with Crippen molar-refractivity contribution in [1.29, 1.82) is 0 Å². The van der Waals surface area contributed by atoms with Gasteiger partial charge in [0.15, 0.2) is 0 Å². The van der Waals surface area contributed by atoms with Crippen molar-refractivity contribution in [3.8, 4) is 0 Å². The van der Waals surface area contributed by atoms with Crippen LogP contribution in [0.15, 0.2) is 61.2 Å². The molecule has 0 aliphatic carbocycles. The van der Waals surface area contributed by atoms with Gasteiger partial charge < -0.3 is 4.74 Å². The van der Waals surface area contributed by atoms with Crippen LogP contribution in [0.25, 0.3) is 12.0 Å². The van der Waals surface area contributed by atoms with Gasteiger partial charge in [0, 0.05) is 0 Å². The summed E-state index contributed by atoms with van der Waals surface area (Å²) in [5.74, 6) is 0.523. The highest BCUT2D eigenvalue weighted by molar-refractivity contribution is 6.37. The topological polar surface area (TPSA) is 39.9 Å². The normalized spacial score (nSPS) is 11.5. The molecule has 0 amide bonds. The molecule has 0 aliphatic heterocycles. The molecule has 0 bridgehead atoms. The number of halogens is 2. The Morgan fingerprint density at radius 3 is 2.43 bits per heavy atom. The van der Waals surface area contributed by atoms with E-state index in [1.54, 1.807) is 35.4 Å². The van der Waals surface area contributed by atoms with E-state index >= 15 is 0 Å². The van der Waals surface area contributed by atoms with Crippen LogP contribution >= 0.6 is 23.2 Å². The van der Waals surface area contributed by atoms with Crippen molar-refractivity contribution in [1.82, 2.24) is 14.8 Å². The SMILES string of the molecule is Clc1cccc(Cl)c1/C(=C/n1cncn1)OCc1ccccc1. The molecular weight excluding hydrogens is 333 g/mol. The van der Waals surface area contributed by atoms with Gasteiger partial charge in [0.05, 0.1) is 21.8 Å². The minimum atomic E-state index is 0.392. The lowest BCUT2D eigenvalue weighted by molar-refractivity contribution is 0.265. The molecule has 3 rings (SSSR count). The molecule has 0 radical (unpaired) electrons. The molecule has 1 aromatic heterocycles. The van der Waals surface area contributed by atoms with Crippen LogP contribution in [0.2, 0.25) is 10.0 Å². The Balaban J connectivity index is 1.94. The minimum Gasteiger partial charge on any atom is -0.487 e. The lowest BCUT2D eigenvalue weighted by atomic mass is 10.2. The predicted molar refractivity (Wildman–Crippen MR) is 91.9 cm³/mol. The molecule has 0 fully saturated rings. The number of benzene rings is 2. The monoisotopic (exact) mass is 345 g/mol. The van der Waals surface area contributed by atoms with Crippen LogP contribution in [-0.2, 0) is 11.3 Å². The molecule has 4 nitrogen and oxygen atoms in total. The van der Waals surface area contributed by atoms with Gasteiger partial charge in [-0.1, -0.05) is 59.6 Å². The lowest BCUT2D eigenvalue weighted by Crippen LogP contribution is -1.98. The third-order valence-electron chi connectivity index (χ3n) is 3.13. The molecule has 0 unspecified atom stereocenters. The van der Waals surface area contributed by atoms with Gasteiger partial charge in [0.2, 0.25) is 0 Å². The zero-order valence-corrected chi connectivity index (χ0v) is 13.6. The van der Waals surface area contributed by atoms with Crippen molar-refractivity contribution in [2.45, 2.75) is 6.61 Å². The summed E-state index contributed by atoms with van der Waals surface area (Å²) in [6.45, 7) is 0.392. The molecule has 23 heavy (non-hydrogen) atoms. The second-order valence-corrected chi connectivity index (χ2v) is 5.55. The molecule has 6 heteroatoms. The van der Waals surface area contributed by atoms with Crippen molar-refractivity contribution >= 4 is 35.2 Å². The van der Waals surface area contributed by atoms with Crippen LogP contribution in [0.4, 0.5) is 0 Å². The molecule has 0 atom stereocenters. The summed E-state index contributed by atoms with van der Waals surface area (Å²) in [4.78, 5) is 3.92. The molecule has 2 aromatic carbocycles. The van der Waals surface area contributed by atoms with Gasteiger partial charge in [-0.25, -0.2) is 9.67 Å². The summed E-state index contributed by atoms with van der Waals surface area (Å²) in [5, 5.41) is 5.08. The van der Waals surface area contributed by atoms with Crippen LogP contribution < -0.4 is 0 Å². The lowest BCUT2D eigenvalue weighted by Gasteiger charge is -2.13. The van der Waals surface area contributed by atoms with Crippen molar-refractivity contribution in [3.63, 3.8) is 0 Å². The average Bonchev–Trinajstić information content (AvgIpc) is 3.06. The predicted octanol–water partition coefficient (Wildman–Crippen LogP) is 4.76. The number of hydrogen-bond donors (Lipinski definition) is 0. The Morgan fingerprint density at radius 1 is 1.04 bits per heavy atom. The minimum absolute atomic E-state index is 0.392. The Hall–Kier alpha value is -2.30. The molecule has 0 N–H and O–H groups in total. The van der Waals surface area contributed by atoms with Gasteiger partial charge in [0.25, 0.3) is 0 Å². The van der Waals surface area contributed by atoms with Crippen LogP contribution in [-0.4, -0.2) is 14.8 Å². The Labute approximate surface area is 143 Å². The number of aromatic nitrogens is 3. The Bertz CT molecular complexity index is 782. The molecule has 0 spiro atoms. The van der Waals surface area contributed by atoms with E-state index in [1.807, 2.05) is 30.3 Å². The van der Waals surface area contributed by atoms with Crippen LogP contribution in [0, 0.1) is 0 Å². The second kappa shape index (κ2) is 7.31. The van der Waals surface area contributed by atoms with E-state index in [-0.39, 0.29) is 0 Å². The Kier molecular flexibility index (Phi) is 4.95. The molecule has 0 saturated heterocycles. The van der Waals surface area contributed by atoms with Crippen LogP contribution in [0.3, 0.4) is 0 Å². The van der Waals surface area contributed by atoms with Gasteiger partial charge >= 0.3 is 0 Å². The van der Waals surface area contributed by atoms with Gasteiger partial charge in [0.1, 0.15) is 25.0 Å². The van der Waals surface area contributed by atoms with Gasteiger partial charge in [-0.2, -0.15) is 5.10 Å². The van der Waals surface area contributed by atoms with E-state index in [1.165, 1.54) is 6.33 Å². The Morgan fingerprint density at radius 2 is 1.78 bits per heavy atom. The van der Waals surface area contributed by atoms with E-state index in [0.29, 0.717) is 28.0 Å². The largest absolute Gasteiger partial charge is 0.487 e. The maximum atomic E-state index is 6.30. The first kappa shape index (κ1) is 15.6. The third-order valence-corrected chi connectivity index (χ3v) is 3.76. The van der Waals surface area contributed by atoms with Crippen LogP contribution in [0.5, 0.6) is 0 Å². The first-order valence-electron chi connectivity index (χ1n) is 6.91. The molecule has 116 valence electrons. The smallest absolute Gasteiger partial charge is 0.148 e. The van der Waals surface area contributed by atoms with Crippen LogP contribution in [0.1, 0.15) is 11.1 Å². The highest BCUT2D eigenvalue weighted by Gasteiger charge is 2.13. The fourth-order valence-electron chi connectivity index (χ4n) is 2.05. The van der Waals surface area contributed by atoms with Gasteiger partial charge in [-0.05, 0) is 17.7 Å². The van der Waals surface area contributed by atoms with E-state index < -0.39 is 0 Å². The van der Waals surface area contributed by atoms with Crippen molar-refractivity contribution in [2.75, 3.05) is 0 Å². The number of nitrogens with zero attached hydrogens (tertiary/aromatic N) is 3. The summed E-state index contributed by atoms with van der Waals surface area (Å²) < 4.78 is 7.49. The van der Waals surface area contributed by atoms with Crippen molar-refractivity contribution < 1.29 is 4.74 Å². The van der Waals surface area contributed by atoms with Crippen molar-refractivity contribution in [3.05, 3.63) is 82.4 Å². The van der Waals surface area contributed by atoms with E-state index in [0.717, 1.165) is 5.56 Å². The first-order valence-corrected chi connectivity index (χ1v) is 7.66. The maximum Gasteiger partial charge on any atom is 0.148 e. The zero-order valence-electron chi connectivity index (χ0n) is 12.1. The summed E-state index contributed by atoms with van der Waals surface area (Å²) in [6.07, 6.45) is 4.71. The highest BCUT2D eigenvalue weighted by Crippen LogP contribution is 2.32. The summed E-state index contributed by atoms with van der Waals surface area (Å²) >= 11 is 12.6. The maximum absolute atomic E-state index is 6.30. The summed E-state index contributed by atoms with van der Waals surface area (Å²) in [5.41, 5.74) is 1.67. The van der Waals surface area contributed by atoms with E-state index in [9.17, 15) is 0 Å². The highest BCUT2D eigenvalue weighted by atomic mass is 35.5. The third kappa shape index (κ3) is 3.92. The standard InChI is InChI=1S/C17H13Cl2N3O/c18-14-7-4-8-15(19)17(14)16(9-22-12-20-11-21-22)23-10-13-5-2-1-3-6-13/h1-9,11-12H,10H2/b16-9-. The second-order valence-electron chi connectivity index (χ2n) is 4.74. The average molecular weight is 346 g/mol. The number of ether oxygens (including phenoxy) is 1. The first-order chi connectivity index (χ1) is 11.2. The fourth-order valence-corrected chi connectivity index (χ4v) is 2.63. The molecule has 0 saturated carbocycles. The molecule has 1 heterocycles. The number of hydrogen-bond acceptors (Lipinski definition) is 3. The molecular formula is C17H13Cl2N3O. The van der Waals surface area contributed by atoms with Crippen molar-refractivity contribution in [2.24, 2.45) is 0 Å². The zero-order chi connectivity index (χ0) is 16.1. The van der Waals surface area contributed by atoms with Gasteiger partial charge in [-0.15, -0.1) is 0 Å². The fraction of sp³-hybridized carbons (Fsp3) is 0.0588. The van der Waals surface area contributed by atoms with Gasteiger partial charge in [-0.3, -0.25) is 0 Å². The van der Waals surface area contributed by atoms with E-state index in [2.05, 4.69) is 10.1 Å². The summed E-state index contributed by atoms with van der Waals surface area (Å²) in [7, 11) is 0. The summed E-state index contributed by atoms with van der Waals surface area (Å²) in [6, 6.07) is 15.2. The molecule has 3 aromatic rings. The van der Waals surface area contributed by atoms with E-state index in [4.69, 9.17) is 27.9 Å². The number of rotatable bonds is 5.